The summed E-state index contributed by atoms with van der Waals surface area (Å²) in [5.74, 6) is -2.35. The molecule has 90 valence electrons. The third-order valence-corrected chi connectivity index (χ3v) is 1.90. The molecule has 0 unspecified atom stereocenters. The topological polar surface area (TPSA) is 75.2 Å². The molecule has 0 aliphatic carbocycles. The predicted molar refractivity (Wildman–Crippen MR) is 49.7 cm³/mol. The Hall–Kier alpha value is -2.25. The van der Waals surface area contributed by atoms with E-state index in [2.05, 4.69) is 14.7 Å². The number of aromatic amines is 1. The van der Waals surface area contributed by atoms with Gasteiger partial charge in [-0.15, -0.1) is 13.2 Å². The summed E-state index contributed by atoms with van der Waals surface area (Å²) in [7, 11) is 0. The Labute approximate surface area is 91.8 Å². The molecule has 0 aliphatic heterocycles. The first-order valence-electron chi connectivity index (χ1n) is 4.34. The van der Waals surface area contributed by atoms with Gasteiger partial charge in [-0.1, -0.05) is 6.07 Å². The lowest BCUT2D eigenvalue weighted by Crippen LogP contribution is -2.17. The molecular formula is C9H5F3N2O3. The Bertz CT molecular complexity index is 576. The normalized spacial score (nSPS) is 11.7. The second-order valence-corrected chi connectivity index (χ2v) is 3.09. The van der Waals surface area contributed by atoms with Crippen molar-refractivity contribution in [2.75, 3.05) is 0 Å². The number of hydrogen-bond acceptors (Lipinski definition) is 3. The number of benzene rings is 1. The van der Waals surface area contributed by atoms with Crippen LogP contribution in [0.2, 0.25) is 0 Å². The van der Waals surface area contributed by atoms with Gasteiger partial charge in [-0.05, 0) is 12.1 Å². The number of rotatable bonds is 2. The molecule has 2 N–H and O–H groups in total. The van der Waals surface area contributed by atoms with Gasteiger partial charge in [0.05, 0.1) is 5.52 Å². The van der Waals surface area contributed by atoms with Crippen molar-refractivity contribution in [3.63, 3.8) is 0 Å². The minimum absolute atomic E-state index is 0.157. The van der Waals surface area contributed by atoms with Gasteiger partial charge in [0.25, 0.3) is 0 Å². The van der Waals surface area contributed by atoms with Crippen molar-refractivity contribution in [2.24, 2.45) is 0 Å². The highest BCUT2D eigenvalue weighted by Crippen LogP contribution is 2.29. The number of fused-ring (bicyclic) bond motifs is 1. The molecule has 0 saturated carbocycles. The third-order valence-electron chi connectivity index (χ3n) is 1.90. The minimum Gasteiger partial charge on any atom is -0.475 e. The van der Waals surface area contributed by atoms with Crippen LogP contribution >= 0.6 is 0 Å². The molecule has 0 amide bonds. The van der Waals surface area contributed by atoms with Crippen LogP contribution in [0.15, 0.2) is 18.2 Å². The maximum atomic E-state index is 12.1. The van der Waals surface area contributed by atoms with Crippen molar-refractivity contribution in [1.82, 2.24) is 9.97 Å². The van der Waals surface area contributed by atoms with E-state index >= 15 is 0 Å². The van der Waals surface area contributed by atoms with E-state index in [0.29, 0.717) is 0 Å². The van der Waals surface area contributed by atoms with Crippen molar-refractivity contribution in [3.05, 3.63) is 24.0 Å². The standard InChI is InChI=1S/C9H5F3N2O3/c10-9(11,12)17-5-3-1-2-4-6(5)14-7(13-4)8(15)16/h1-3H,(H,13,14)(H,15,16). The number of alkyl halides is 3. The number of carboxylic acid groups (broad SMARTS) is 1. The Kier molecular flexibility index (Phi) is 2.41. The van der Waals surface area contributed by atoms with E-state index in [9.17, 15) is 18.0 Å². The highest BCUT2D eigenvalue weighted by atomic mass is 19.4. The number of halogens is 3. The summed E-state index contributed by atoms with van der Waals surface area (Å²) >= 11 is 0. The fourth-order valence-electron chi connectivity index (χ4n) is 1.31. The number of aromatic carboxylic acids is 1. The van der Waals surface area contributed by atoms with Crippen LogP contribution in [-0.2, 0) is 0 Å². The van der Waals surface area contributed by atoms with E-state index in [1.165, 1.54) is 12.1 Å². The van der Waals surface area contributed by atoms with Crippen LogP contribution in [0, 0.1) is 0 Å². The predicted octanol–water partition coefficient (Wildman–Crippen LogP) is 2.16. The number of ether oxygens (including phenoxy) is 1. The maximum absolute atomic E-state index is 12.1. The largest absolute Gasteiger partial charge is 0.573 e. The Morgan fingerprint density at radius 2 is 2.12 bits per heavy atom. The highest BCUT2D eigenvalue weighted by Gasteiger charge is 2.32. The molecule has 0 fully saturated rings. The summed E-state index contributed by atoms with van der Waals surface area (Å²) in [6, 6.07) is 3.76. The smallest absolute Gasteiger partial charge is 0.475 e. The fraction of sp³-hybridized carbons (Fsp3) is 0.111. The van der Waals surface area contributed by atoms with E-state index in [1.807, 2.05) is 0 Å². The number of nitrogens with one attached hydrogen (secondary N) is 1. The van der Waals surface area contributed by atoms with Gasteiger partial charge >= 0.3 is 12.3 Å². The van der Waals surface area contributed by atoms with Crippen molar-refractivity contribution in [3.8, 4) is 5.75 Å². The summed E-state index contributed by atoms with van der Waals surface area (Å²) in [4.78, 5) is 16.5. The van der Waals surface area contributed by atoms with Crippen LogP contribution in [0.25, 0.3) is 11.0 Å². The van der Waals surface area contributed by atoms with Gasteiger partial charge in [0.2, 0.25) is 5.82 Å². The SMILES string of the molecule is O=C(O)c1nc2c(OC(F)(F)F)cccc2[nH]1. The van der Waals surface area contributed by atoms with Gasteiger partial charge in [-0.3, -0.25) is 0 Å². The summed E-state index contributed by atoms with van der Waals surface area (Å²) in [6.07, 6.45) is -4.85. The molecule has 5 nitrogen and oxygen atoms in total. The lowest BCUT2D eigenvalue weighted by molar-refractivity contribution is -0.274. The Morgan fingerprint density at radius 3 is 2.71 bits per heavy atom. The van der Waals surface area contributed by atoms with Crippen molar-refractivity contribution >= 4 is 17.0 Å². The second kappa shape index (κ2) is 3.65. The van der Waals surface area contributed by atoms with Crippen LogP contribution in [-0.4, -0.2) is 27.4 Å². The first-order chi connectivity index (χ1) is 7.87. The molecule has 2 rings (SSSR count). The zero-order valence-electron chi connectivity index (χ0n) is 8.08. The van der Waals surface area contributed by atoms with Crippen molar-refractivity contribution in [2.45, 2.75) is 6.36 Å². The van der Waals surface area contributed by atoms with Gasteiger partial charge in [-0.2, -0.15) is 0 Å². The second-order valence-electron chi connectivity index (χ2n) is 3.09. The number of para-hydroxylation sites is 1. The zero-order chi connectivity index (χ0) is 12.6. The molecule has 1 aromatic heterocycles. The number of imidazole rings is 1. The highest BCUT2D eigenvalue weighted by molar-refractivity contribution is 5.91. The summed E-state index contributed by atoms with van der Waals surface area (Å²) in [5, 5.41) is 8.65. The average molecular weight is 246 g/mol. The van der Waals surface area contributed by atoms with Gasteiger partial charge in [-0.25, -0.2) is 9.78 Å². The number of carboxylic acids is 1. The first kappa shape index (κ1) is 11.2. The third kappa shape index (κ3) is 2.30. The van der Waals surface area contributed by atoms with E-state index in [4.69, 9.17) is 5.11 Å². The van der Waals surface area contributed by atoms with Crippen LogP contribution in [0.3, 0.4) is 0 Å². The number of carbonyl (C=O) groups is 1. The molecular weight excluding hydrogens is 241 g/mol. The number of aromatic nitrogens is 2. The lowest BCUT2D eigenvalue weighted by atomic mass is 10.3. The molecule has 1 heterocycles. The molecule has 2 aromatic rings. The molecule has 1 aromatic carbocycles. The summed E-state index contributed by atoms with van der Waals surface area (Å²) in [6.45, 7) is 0. The molecule has 17 heavy (non-hydrogen) atoms. The molecule has 0 atom stereocenters. The summed E-state index contributed by atoms with van der Waals surface area (Å²) in [5.41, 5.74) is -0.0219. The number of H-pyrrole nitrogens is 1. The van der Waals surface area contributed by atoms with Crippen LogP contribution in [0.5, 0.6) is 5.75 Å². The lowest BCUT2D eigenvalue weighted by Gasteiger charge is -2.08. The van der Waals surface area contributed by atoms with Gasteiger partial charge in [0, 0.05) is 0 Å². The number of nitrogens with zero attached hydrogens (tertiary/aromatic N) is 1. The van der Waals surface area contributed by atoms with Gasteiger partial charge in [0.15, 0.2) is 5.75 Å². The van der Waals surface area contributed by atoms with E-state index < -0.39 is 23.9 Å². The van der Waals surface area contributed by atoms with E-state index in [0.717, 1.165) is 6.07 Å². The fourth-order valence-corrected chi connectivity index (χ4v) is 1.31. The van der Waals surface area contributed by atoms with Crippen LogP contribution in [0.4, 0.5) is 13.2 Å². The van der Waals surface area contributed by atoms with Crippen molar-refractivity contribution < 1.29 is 27.8 Å². The van der Waals surface area contributed by atoms with Gasteiger partial charge < -0.3 is 14.8 Å². The molecule has 0 saturated heterocycles. The van der Waals surface area contributed by atoms with Crippen LogP contribution < -0.4 is 4.74 Å². The minimum atomic E-state index is -4.85. The van der Waals surface area contributed by atoms with E-state index in [-0.39, 0.29) is 11.0 Å². The molecule has 0 bridgehead atoms. The molecule has 0 spiro atoms. The Morgan fingerprint density at radius 1 is 1.41 bits per heavy atom. The maximum Gasteiger partial charge on any atom is 0.573 e. The monoisotopic (exact) mass is 246 g/mol. The first-order valence-corrected chi connectivity index (χ1v) is 4.34. The quantitative estimate of drug-likeness (QED) is 0.851. The molecule has 8 heteroatoms. The number of hydrogen-bond donors (Lipinski definition) is 2. The van der Waals surface area contributed by atoms with Crippen molar-refractivity contribution in [1.29, 1.82) is 0 Å². The van der Waals surface area contributed by atoms with Crippen LogP contribution in [0.1, 0.15) is 10.6 Å². The van der Waals surface area contributed by atoms with Gasteiger partial charge in [0.1, 0.15) is 5.52 Å². The average Bonchev–Trinajstić information content (AvgIpc) is 2.60. The zero-order valence-corrected chi connectivity index (χ0v) is 8.08. The molecule has 0 radical (unpaired) electrons. The van der Waals surface area contributed by atoms with E-state index in [1.54, 1.807) is 0 Å². The summed E-state index contributed by atoms with van der Waals surface area (Å²) < 4.78 is 39.9. The Balaban J connectivity index is 2.53. The molecule has 0 aliphatic rings.